The third-order valence-electron chi connectivity index (χ3n) is 3.36. The summed E-state index contributed by atoms with van der Waals surface area (Å²) in [7, 11) is 0. The molecule has 0 bridgehead atoms. The monoisotopic (exact) mass is 252 g/mol. The highest BCUT2D eigenvalue weighted by atomic mass is 15.0. The van der Waals surface area contributed by atoms with Crippen LogP contribution >= 0.6 is 0 Å². The Hall–Kier alpha value is -2.36. The smallest absolute Gasteiger partial charge is 0.179 e. The summed E-state index contributed by atoms with van der Waals surface area (Å²) in [6.45, 7) is 4.24. The number of aromatic amines is 1. The molecule has 3 rings (SSSR count). The molecule has 0 unspecified atom stereocenters. The number of fused-ring (bicyclic) bond motifs is 1. The molecule has 0 atom stereocenters. The quantitative estimate of drug-likeness (QED) is 0.737. The van der Waals surface area contributed by atoms with Crippen LogP contribution in [0.3, 0.4) is 0 Å². The van der Waals surface area contributed by atoms with Crippen LogP contribution in [0.5, 0.6) is 0 Å². The maximum absolute atomic E-state index is 5.66. The van der Waals surface area contributed by atoms with Crippen molar-refractivity contribution in [1.82, 2.24) is 15.0 Å². The molecule has 0 saturated heterocycles. The van der Waals surface area contributed by atoms with Gasteiger partial charge in [-0.15, -0.1) is 0 Å². The summed E-state index contributed by atoms with van der Waals surface area (Å²) in [5.74, 6) is 1.41. The van der Waals surface area contributed by atoms with Gasteiger partial charge in [-0.05, 0) is 42.7 Å². The molecule has 0 radical (unpaired) electrons. The van der Waals surface area contributed by atoms with Gasteiger partial charge in [0.05, 0.1) is 5.52 Å². The van der Waals surface area contributed by atoms with Crippen LogP contribution in [-0.2, 0) is 6.42 Å². The molecule has 0 amide bonds. The van der Waals surface area contributed by atoms with Crippen LogP contribution in [0.25, 0.3) is 11.2 Å². The predicted molar refractivity (Wildman–Crippen MR) is 77.0 cm³/mol. The van der Waals surface area contributed by atoms with E-state index in [0.717, 1.165) is 17.8 Å². The van der Waals surface area contributed by atoms with E-state index in [9.17, 15) is 0 Å². The van der Waals surface area contributed by atoms with Gasteiger partial charge in [-0.2, -0.15) is 0 Å². The third-order valence-corrected chi connectivity index (χ3v) is 3.36. The number of pyridine rings is 1. The van der Waals surface area contributed by atoms with Crippen molar-refractivity contribution < 1.29 is 0 Å². The first-order valence-electron chi connectivity index (χ1n) is 6.29. The number of rotatable bonds is 2. The summed E-state index contributed by atoms with van der Waals surface area (Å²) in [5, 5.41) is 0. The van der Waals surface area contributed by atoms with Crippen molar-refractivity contribution in [3.8, 4) is 0 Å². The van der Waals surface area contributed by atoms with E-state index in [-0.39, 0.29) is 0 Å². The lowest BCUT2D eigenvalue weighted by Crippen LogP contribution is -1.92. The molecule has 19 heavy (non-hydrogen) atoms. The highest BCUT2D eigenvalue weighted by Crippen LogP contribution is 2.16. The summed E-state index contributed by atoms with van der Waals surface area (Å²) in [6.07, 6.45) is 0.775. The molecule has 0 saturated carbocycles. The van der Waals surface area contributed by atoms with E-state index in [1.165, 1.54) is 16.7 Å². The van der Waals surface area contributed by atoms with E-state index < -0.39 is 0 Å². The highest BCUT2D eigenvalue weighted by molar-refractivity contribution is 5.72. The first-order chi connectivity index (χ1) is 9.11. The predicted octanol–water partition coefficient (Wildman–Crippen LogP) is 2.75. The van der Waals surface area contributed by atoms with Crippen LogP contribution in [0.2, 0.25) is 0 Å². The van der Waals surface area contributed by atoms with Crippen molar-refractivity contribution in [2.45, 2.75) is 20.3 Å². The number of hydrogen-bond acceptors (Lipinski definition) is 3. The standard InChI is InChI=1S/C15H16N4/c1-9-3-4-11(7-10(9)2)8-14-17-12-5-6-13(16)18-15(12)19-14/h3-7H,8H2,1-2H3,(H3,16,17,18,19). The number of H-pyrrole nitrogens is 1. The van der Waals surface area contributed by atoms with Crippen molar-refractivity contribution in [3.05, 3.63) is 52.8 Å². The molecule has 2 heterocycles. The first kappa shape index (κ1) is 11.7. The number of nitrogens with zero attached hydrogens (tertiary/aromatic N) is 2. The Kier molecular flexibility index (Phi) is 2.71. The number of imidazole rings is 1. The van der Waals surface area contributed by atoms with Crippen LogP contribution in [0.15, 0.2) is 30.3 Å². The van der Waals surface area contributed by atoms with Crippen molar-refractivity contribution in [2.24, 2.45) is 0 Å². The molecule has 0 fully saturated rings. The topological polar surface area (TPSA) is 67.6 Å². The zero-order valence-corrected chi connectivity index (χ0v) is 11.1. The largest absolute Gasteiger partial charge is 0.384 e. The van der Waals surface area contributed by atoms with Gasteiger partial charge in [0.15, 0.2) is 5.65 Å². The molecule has 4 nitrogen and oxygen atoms in total. The number of aromatic nitrogens is 3. The van der Waals surface area contributed by atoms with E-state index >= 15 is 0 Å². The number of nitrogens with one attached hydrogen (secondary N) is 1. The van der Waals surface area contributed by atoms with Gasteiger partial charge in [-0.3, -0.25) is 0 Å². The Balaban J connectivity index is 1.94. The van der Waals surface area contributed by atoms with E-state index in [1.807, 2.05) is 6.07 Å². The molecule has 2 aromatic heterocycles. The summed E-state index contributed by atoms with van der Waals surface area (Å²) < 4.78 is 0. The molecule has 3 N–H and O–H groups in total. The minimum absolute atomic E-state index is 0.497. The number of nitrogens with two attached hydrogens (primary N) is 1. The second-order valence-electron chi connectivity index (χ2n) is 4.89. The van der Waals surface area contributed by atoms with Crippen molar-refractivity contribution in [2.75, 3.05) is 5.73 Å². The summed E-state index contributed by atoms with van der Waals surface area (Å²) >= 11 is 0. The van der Waals surface area contributed by atoms with Crippen LogP contribution in [0.1, 0.15) is 22.5 Å². The number of hydrogen-bond donors (Lipinski definition) is 2. The second kappa shape index (κ2) is 4.39. The third kappa shape index (κ3) is 2.29. The lowest BCUT2D eigenvalue weighted by molar-refractivity contribution is 1.03. The van der Waals surface area contributed by atoms with Crippen LogP contribution in [0, 0.1) is 13.8 Å². The summed E-state index contributed by atoms with van der Waals surface area (Å²) in [5.41, 5.74) is 11.1. The highest BCUT2D eigenvalue weighted by Gasteiger charge is 2.06. The Bertz CT molecular complexity index is 743. The van der Waals surface area contributed by atoms with Crippen molar-refractivity contribution in [1.29, 1.82) is 0 Å². The molecule has 0 aliphatic rings. The molecule has 3 aromatic rings. The average molecular weight is 252 g/mol. The zero-order valence-electron chi connectivity index (χ0n) is 11.1. The van der Waals surface area contributed by atoms with Crippen LogP contribution < -0.4 is 5.73 Å². The maximum atomic E-state index is 5.66. The van der Waals surface area contributed by atoms with Gasteiger partial charge in [0.25, 0.3) is 0 Å². The van der Waals surface area contributed by atoms with Gasteiger partial charge < -0.3 is 10.7 Å². The Labute approximate surface area is 111 Å². The molecule has 96 valence electrons. The zero-order chi connectivity index (χ0) is 13.4. The molecular weight excluding hydrogens is 236 g/mol. The van der Waals surface area contributed by atoms with E-state index in [0.29, 0.717) is 11.5 Å². The Morgan fingerprint density at radius 1 is 1.05 bits per heavy atom. The molecule has 1 aromatic carbocycles. The summed E-state index contributed by atoms with van der Waals surface area (Å²) in [4.78, 5) is 12.0. The maximum Gasteiger partial charge on any atom is 0.179 e. The average Bonchev–Trinajstić information content (AvgIpc) is 2.75. The van der Waals surface area contributed by atoms with Crippen LogP contribution in [0.4, 0.5) is 5.82 Å². The minimum atomic E-state index is 0.497. The number of anilines is 1. The number of nitrogen functional groups attached to an aromatic ring is 1. The van der Waals surface area contributed by atoms with Crippen molar-refractivity contribution >= 4 is 17.0 Å². The molecule has 0 aliphatic heterocycles. The number of aryl methyl sites for hydroxylation is 2. The minimum Gasteiger partial charge on any atom is -0.384 e. The summed E-state index contributed by atoms with van der Waals surface area (Å²) in [6, 6.07) is 10.2. The second-order valence-corrected chi connectivity index (χ2v) is 4.89. The fourth-order valence-corrected chi connectivity index (χ4v) is 2.15. The van der Waals surface area contributed by atoms with Gasteiger partial charge in [-0.1, -0.05) is 18.2 Å². The number of benzene rings is 1. The van der Waals surface area contributed by atoms with E-state index in [2.05, 4.69) is 47.0 Å². The van der Waals surface area contributed by atoms with Gasteiger partial charge in [-0.25, -0.2) is 9.97 Å². The fourth-order valence-electron chi connectivity index (χ4n) is 2.15. The SMILES string of the molecule is Cc1ccc(Cc2nc3nc(N)ccc3[nH]2)cc1C. The lowest BCUT2D eigenvalue weighted by atomic mass is 10.0. The van der Waals surface area contributed by atoms with Crippen molar-refractivity contribution in [3.63, 3.8) is 0 Å². The molecule has 0 spiro atoms. The Morgan fingerprint density at radius 2 is 1.89 bits per heavy atom. The van der Waals surface area contributed by atoms with Crippen LogP contribution in [-0.4, -0.2) is 15.0 Å². The normalized spacial score (nSPS) is 11.1. The fraction of sp³-hybridized carbons (Fsp3) is 0.200. The molecular formula is C15H16N4. The van der Waals surface area contributed by atoms with E-state index in [1.54, 1.807) is 6.07 Å². The first-order valence-corrected chi connectivity index (χ1v) is 6.29. The van der Waals surface area contributed by atoms with Gasteiger partial charge in [0.1, 0.15) is 11.6 Å². The van der Waals surface area contributed by atoms with Gasteiger partial charge >= 0.3 is 0 Å². The van der Waals surface area contributed by atoms with E-state index in [4.69, 9.17) is 5.73 Å². The molecule has 0 aliphatic carbocycles. The van der Waals surface area contributed by atoms with Gasteiger partial charge in [0, 0.05) is 6.42 Å². The lowest BCUT2D eigenvalue weighted by Gasteiger charge is -2.03. The Morgan fingerprint density at radius 3 is 2.68 bits per heavy atom. The van der Waals surface area contributed by atoms with Gasteiger partial charge in [0.2, 0.25) is 0 Å². The molecule has 4 heteroatoms.